The first kappa shape index (κ1) is 13.9. The fraction of sp³-hybridized carbons (Fsp3) is 0.417. The van der Waals surface area contributed by atoms with Gasteiger partial charge in [0, 0.05) is 19.0 Å². The Morgan fingerprint density at radius 2 is 2.06 bits per heavy atom. The highest BCUT2D eigenvalue weighted by atomic mass is 35.5. The van der Waals surface area contributed by atoms with E-state index in [1.165, 1.54) is 17.9 Å². The molecule has 17 heavy (non-hydrogen) atoms. The second-order valence-electron chi connectivity index (χ2n) is 3.63. The van der Waals surface area contributed by atoms with Crippen molar-refractivity contribution < 1.29 is 13.6 Å². The van der Waals surface area contributed by atoms with Crippen LogP contribution in [-0.2, 0) is 0 Å². The maximum atomic E-state index is 13.7. The Labute approximate surface area is 104 Å². The third-order valence-corrected chi connectivity index (χ3v) is 2.69. The summed E-state index contributed by atoms with van der Waals surface area (Å²) in [7, 11) is 0. The molecule has 1 aromatic carbocycles. The molecule has 0 aliphatic heterocycles. The lowest BCUT2D eigenvalue weighted by molar-refractivity contribution is 0.0764. The largest absolute Gasteiger partial charge is 0.338 e. The quantitative estimate of drug-likeness (QED) is 0.763. The fourth-order valence-electron chi connectivity index (χ4n) is 1.52. The molecule has 1 rings (SSSR count). The number of carbonyl (C=O) groups excluding carboxylic acids is 1. The van der Waals surface area contributed by atoms with Crippen molar-refractivity contribution in [2.45, 2.75) is 13.8 Å². The third kappa shape index (κ3) is 2.94. The molecule has 0 saturated carbocycles. The van der Waals surface area contributed by atoms with Gasteiger partial charge in [-0.25, -0.2) is 8.78 Å². The standard InChI is InChI=1S/C12H14ClF2NO/c1-3-16(7-6-13)12(17)10-9(14)5-4-8(2)11(10)15/h4-5H,3,6-7H2,1-2H3. The first-order valence-electron chi connectivity index (χ1n) is 5.32. The van der Waals surface area contributed by atoms with Crippen LogP contribution in [0.25, 0.3) is 0 Å². The van der Waals surface area contributed by atoms with Gasteiger partial charge in [-0.2, -0.15) is 0 Å². The predicted octanol–water partition coefficient (Wildman–Crippen LogP) is 2.97. The lowest BCUT2D eigenvalue weighted by atomic mass is 10.1. The van der Waals surface area contributed by atoms with Crippen LogP contribution in [0, 0.1) is 18.6 Å². The summed E-state index contributed by atoms with van der Waals surface area (Å²) in [6, 6.07) is 2.40. The summed E-state index contributed by atoms with van der Waals surface area (Å²) in [5.74, 6) is -2.07. The number of halogens is 3. The van der Waals surface area contributed by atoms with Gasteiger partial charge in [-0.3, -0.25) is 4.79 Å². The summed E-state index contributed by atoms with van der Waals surface area (Å²) < 4.78 is 27.2. The lowest BCUT2D eigenvalue weighted by Crippen LogP contribution is -2.34. The molecule has 2 nitrogen and oxygen atoms in total. The van der Waals surface area contributed by atoms with Gasteiger partial charge in [-0.05, 0) is 25.5 Å². The molecule has 0 atom stereocenters. The van der Waals surface area contributed by atoms with E-state index in [9.17, 15) is 13.6 Å². The Kier molecular flexibility index (Phi) is 4.87. The molecule has 0 aliphatic rings. The van der Waals surface area contributed by atoms with E-state index in [-0.39, 0.29) is 18.0 Å². The normalized spacial score (nSPS) is 10.4. The minimum absolute atomic E-state index is 0.231. The number of alkyl halides is 1. The minimum Gasteiger partial charge on any atom is -0.338 e. The van der Waals surface area contributed by atoms with Crippen molar-refractivity contribution in [2.24, 2.45) is 0 Å². The minimum atomic E-state index is -0.842. The second kappa shape index (κ2) is 5.96. The average Bonchev–Trinajstić information content (AvgIpc) is 2.31. The van der Waals surface area contributed by atoms with Crippen LogP contribution in [0.3, 0.4) is 0 Å². The van der Waals surface area contributed by atoms with E-state index < -0.39 is 23.1 Å². The maximum Gasteiger partial charge on any atom is 0.259 e. The van der Waals surface area contributed by atoms with E-state index >= 15 is 0 Å². The van der Waals surface area contributed by atoms with Crippen molar-refractivity contribution in [1.82, 2.24) is 4.90 Å². The zero-order valence-corrected chi connectivity index (χ0v) is 10.5. The van der Waals surface area contributed by atoms with Crippen LogP contribution in [0.4, 0.5) is 8.78 Å². The molecule has 94 valence electrons. The van der Waals surface area contributed by atoms with E-state index in [0.717, 1.165) is 6.07 Å². The van der Waals surface area contributed by atoms with Crippen molar-refractivity contribution in [1.29, 1.82) is 0 Å². The first-order valence-corrected chi connectivity index (χ1v) is 5.86. The number of hydrogen-bond donors (Lipinski definition) is 0. The van der Waals surface area contributed by atoms with E-state index in [2.05, 4.69) is 0 Å². The van der Waals surface area contributed by atoms with Crippen LogP contribution >= 0.6 is 11.6 Å². The van der Waals surface area contributed by atoms with Gasteiger partial charge >= 0.3 is 0 Å². The van der Waals surface area contributed by atoms with Gasteiger partial charge < -0.3 is 4.90 Å². The van der Waals surface area contributed by atoms with E-state index in [0.29, 0.717) is 6.54 Å². The molecule has 0 aromatic heterocycles. The highest BCUT2D eigenvalue weighted by Gasteiger charge is 2.23. The Morgan fingerprint density at radius 1 is 1.41 bits per heavy atom. The summed E-state index contributed by atoms with van der Waals surface area (Å²) in [6.45, 7) is 3.85. The van der Waals surface area contributed by atoms with Crippen LogP contribution in [0.1, 0.15) is 22.8 Å². The van der Waals surface area contributed by atoms with E-state index in [1.807, 2.05) is 0 Å². The number of nitrogens with zero attached hydrogens (tertiary/aromatic N) is 1. The summed E-state index contributed by atoms with van der Waals surface area (Å²) in [5.41, 5.74) is -0.256. The monoisotopic (exact) mass is 261 g/mol. The van der Waals surface area contributed by atoms with E-state index in [1.54, 1.807) is 6.92 Å². The summed E-state index contributed by atoms with van der Waals surface area (Å²) >= 11 is 5.54. The predicted molar refractivity (Wildman–Crippen MR) is 63.4 cm³/mol. The molecule has 0 bridgehead atoms. The Balaban J connectivity index is 3.15. The van der Waals surface area contributed by atoms with Crippen LogP contribution in [0.5, 0.6) is 0 Å². The molecule has 0 heterocycles. The van der Waals surface area contributed by atoms with Crippen LogP contribution in [0.15, 0.2) is 12.1 Å². The molecule has 0 fully saturated rings. The molecule has 1 amide bonds. The van der Waals surface area contributed by atoms with Crippen LogP contribution < -0.4 is 0 Å². The Hall–Kier alpha value is -1.16. The second-order valence-corrected chi connectivity index (χ2v) is 4.01. The molecule has 0 radical (unpaired) electrons. The van der Waals surface area contributed by atoms with Gasteiger partial charge in [0.1, 0.15) is 17.2 Å². The summed E-state index contributed by atoms with van der Waals surface area (Å²) in [4.78, 5) is 13.3. The maximum absolute atomic E-state index is 13.7. The number of aryl methyl sites for hydroxylation is 1. The van der Waals surface area contributed by atoms with Gasteiger partial charge in [-0.1, -0.05) is 6.07 Å². The highest BCUT2D eigenvalue weighted by molar-refractivity contribution is 6.18. The highest BCUT2D eigenvalue weighted by Crippen LogP contribution is 2.18. The zero-order chi connectivity index (χ0) is 13.0. The van der Waals surface area contributed by atoms with Crippen molar-refractivity contribution in [3.8, 4) is 0 Å². The zero-order valence-electron chi connectivity index (χ0n) is 9.77. The van der Waals surface area contributed by atoms with Crippen molar-refractivity contribution in [3.05, 3.63) is 34.9 Å². The molecule has 0 spiro atoms. The summed E-state index contributed by atoms with van der Waals surface area (Å²) in [6.07, 6.45) is 0. The number of carbonyl (C=O) groups is 1. The number of hydrogen-bond acceptors (Lipinski definition) is 1. The fourth-order valence-corrected chi connectivity index (χ4v) is 1.72. The molecule has 5 heteroatoms. The van der Waals surface area contributed by atoms with E-state index in [4.69, 9.17) is 11.6 Å². The van der Waals surface area contributed by atoms with Gasteiger partial charge in [-0.15, -0.1) is 11.6 Å². The van der Waals surface area contributed by atoms with Gasteiger partial charge in [0.15, 0.2) is 0 Å². The molecule has 0 N–H and O–H groups in total. The van der Waals surface area contributed by atoms with Gasteiger partial charge in [0.05, 0.1) is 0 Å². The van der Waals surface area contributed by atoms with Gasteiger partial charge in [0.2, 0.25) is 0 Å². The van der Waals surface area contributed by atoms with Crippen LogP contribution in [-0.4, -0.2) is 29.8 Å². The molecule has 0 aliphatic carbocycles. The summed E-state index contributed by atoms with van der Waals surface area (Å²) in [5, 5.41) is 0. The molecule has 0 unspecified atom stereocenters. The third-order valence-electron chi connectivity index (χ3n) is 2.52. The van der Waals surface area contributed by atoms with Crippen molar-refractivity contribution >= 4 is 17.5 Å². The first-order chi connectivity index (χ1) is 8.02. The SMILES string of the molecule is CCN(CCCl)C(=O)c1c(F)ccc(C)c1F. The topological polar surface area (TPSA) is 20.3 Å². The molecular formula is C12H14ClF2NO. The van der Waals surface area contributed by atoms with Crippen molar-refractivity contribution in [2.75, 3.05) is 19.0 Å². The van der Waals surface area contributed by atoms with Crippen molar-refractivity contribution in [3.63, 3.8) is 0 Å². The molecular weight excluding hydrogens is 248 g/mol. The van der Waals surface area contributed by atoms with Crippen LogP contribution in [0.2, 0.25) is 0 Å². The lowest BCUT2D eigenvalue weighted by Gasteiger charge is -2.20. The molecule has 0 saturated heterocycles. The average molecular weight is 262 g/mol. The van der Waals surface area contributed by atoms with Gasteiger partial charge in [0.25, 0.3) is 5.91 Å². The number of rotatable bonds is 4. The Morgan fingerprint density at radius 3 is 2.59 bits per heavy atom. The number of benzene rings is 1. The Bertz CT molecular complexity index is 423. The smallest absolute Gasteiger partial charge is 0.259 e. The number of amides is 1. The molecule has 1 aromatic rings.